The third-order valence-corrected chi connectivity index (χ3v) is 3.84. The summed E-state index contributed by atoms with van der Waals surface area (Å²) in [7, 11) is 0. The third kappa shape index (κ3) is 2.09. The van der Waals surface area contributed by atoms with E-state index < -0.39 is 0 Å². The standard InChI is InChI=1S/C12H19NO/c13-10-12(5-7-14-8-6-12)9-11-3-1-2-4-11/h11H,1-9H2. The summed E-state index contributed by atoms with van der Waals surface area (Å²) in [4.78, 5) is 0. The molecule has 2 heteroatoms. The van der Waals surface area contributed by atoms with E-state index in [0.717, 1.165) is 38.4 Å². The molecule has 1 saturated heterocycles. The van der Waals surface area contributed by atoms with Crippen molar-refractivity contribution < 1.29 is 4.74 Å². The van der Waals surface area contributed by atoms with Gasteiger partial charge in [-0.15, -0.1) is 0 Å². The van der Waals surface area contributed by atoms with Gasteiger partial charge in [-0.3, -0.25) is 0 Å². The third-order valence-electron chi connectivity index (χ3n) is 3.84. The molecule has 2 rings (SSSR count). The van der Waals surface area contributed by atoms with Crippen molar-refractivity contribution in [1.29, 1.82) is 5.26 Å². The molecule has 0 spiro atoms. The Balaban J connectivity index is 1.93. The molecule has 0 atom stereocenters. The summed E-state index contributed by atoms with van der Waals surface area (Å²) < 4.78 is 5.34. The van der Waals surface area contributed by atoms with Crippen LogP contribution in [0.5, 0.6) is 0 Å². The SMILES string of the molecule is N#CC1(CC2CCCC2)CCOCC1. The molecule has 1 heterocycles. The summed E-state index contributed by atoms with van der Waals surface area (Å²) in [5.74, 6) is 0.827. The zero-order valence-corrected chi connectivity index (χ0v) is 8.80. The molecule has 1 saturated carbocycles. The first-order chi connectivity index (χ1) is 6.85. The molecule has 2 aliphatic rings. The molecule has 0 aromatic heterocycles. The Morgan fingerprint density at radius 3 is 2.43 bits per heavy atom. The predicted octanol–water partition coefficient (Wildman–Crippen LogP) is 2.89. The average molecular weight is 193 g/mol. The normalized spacial score (nSPS) is 27.4. The van der Waals surface area contributed by atoms with Crippen LogP contribution >= 0.6 is 0 Å². The fourth-order valence-corrected chi connectivity index (χ4v) is 2.89. The van der Waals surface area contributed by atoms with E-state index in [0.29, 0.717) is 0 Å². The minimum Gasteiger partial charge on any atom is -0.381 e. The molecule has 78 valence electrons. The van der Waals surface area contributed by atoms with E-state index in [1.54, 1.807) is 0 Å². The molecule has 2 fully saturated rings. The molecule has 0 radical (unpaired) electrons. The quantitative estimate of drug-likeness (QED) is 0.675. The Kier molecular flexibility index (Phi) is 3.08. The molecule has 1 aliphatic carbocycles. The van der Waals surface area contributed by atoms with Crippen LogP contribution in [0, 0.1) is 22.7 Å². The molecule has 14 heavy (non-hydrogen) atoms. The van der Waals surface area contributed by atoms with E-state index in [4.69, 9.17) is 4.74 Å². The van der Waals surface area contributed by atoms with Gasteiger partial charge in [0.2, 0.25) is 0 Å². The monoisotopic (exact) mass is 193 g/mol. The number of ether oxygens (including phenoxy) is 1. The van der Waals surface area contributed by atoms with Gasteiger partial charge >= 0.3 is 0 Å². The van der Waals surface area contributed by atoms with Crippen LogP contribution in [0.25, 0.3) is 0 Å². The van der Waals surface area contributed by atoms with Crippen molar-refractivity contribution in [3.05, 3.63) is 0 Å². The smallest absolute Gasteiger partial charge is 0.0691 e. The van der Waals surface area contributed by atoms with E-state index in [-0.39, 0.29) is 5.41 Å². The summed E-state index contributed by atoms with van der Waals surface area (Å²) in [5.41, 5.74) is -0.0345. The van der Waals surface area contributed by atoms with E-state index in [1.807, 2.05) is 0 Å². The van der Waals surface area contributed by atoms with Crippen LogP contribution in [-0.2, 0) is 4.74 Å². The number of rotatable bonds is 2. The topological polar surface area (TPSA) is 33.0 Å². The minimum atomic E-state index is -0.0345. The first-order valence-corrected chi connectivity index (χ1v) is 5.84. The van der Waals surface area contributed by atoms with Crippen LogP contribution in [0.4, 0.5) is 0 Å². The van der Waals surface area contributed by atoms with Crippen LogP contribution < -0.4 is 0 Å². The van der Waals surface area contributed by atoms with E-state index in [2.05, 4.69) is 6.07 Å². The van der Waals surface area contributed by atoms with Crippen LogP contribution in [0.2, 0.25) is 0 Å². The van der Waals surface area contributed by atoms with Crippen LogP contribution in [-0.4, -0.2) is 13.2 Å². The molecule has 0 unspecified atom stereocenters. The zero-order valence-electron chi connectivity index (χ0n) is 8.80. The van der Waals surface area contributed by atoms with Crippen molar-refractivity contribution >= 4 is 0 Å². The predicted molar refractivity (Wildman–Crippen MR) is 54.7 cm³/mol. The summed E-state index contributed by atoms with van der Waals surface area (Å²) in [6.45, 7) is 1.58. The molecule has 2 nitrogen and oxygen atoms in total. The number of hydrogen-bond acceptors (Lipinski definition) is 2. The molecular formula is C12H19NO. The molecule has 0 aromatic rings. The molecular weight excluding hydrogens is 174 g/mol. The number of nitrogens with zero attached hydrogens (tertiary/aromatic N) is 1. The lowest BCUT2D eigenvalue weighted by Crippen LogP contribution is -2.30. The molecule has 0 bridgehead atoms. The number of nitriles is 1. The maximum Gasteiger partial charge on any atom is 0.0691 e. The van der Waals surface area contributed by atoms with Crippen molar-refractivity contribution in [1.82, 2.24) is 0 Å². The van der Waals surface area contributed by atoms with Gasteiger partial charge in [0.1, 0.15) is 0 Å². The Bertz CT molecular complexity index is 219. The average Bonchev–Trinajstić information content (AvgIpc) is 2.72. The Morgan fingerprint density at radius 1 is 1.21 bits per heavy atom. The fraction of sp³-hybridized carbons (Fsp3) is 0.917. The fourth-order valence-electron chi connectivity index (χ4n) is 2.89. The van der Waals surface area contributed by atoms with Crippen molar-refractivity contribution in [3.63, 3.8) is 0 Å². The highest BCUT2D eigenvalue weighted by molar-refractivity contribution is 5.01. The lowest BCUT2D eigenvalue weighted by Gasteiger charge is -2.32. The van der Waals surface area contributed by atoms with Crippen molar-refractivity contribution in [2.24, 2.45) is 11.3 Å². The van der Waals surface area contributed by atoms with E-state index >= 15 is 0 Å². The van der Waals surface area contributed by atoms with Gasteiger partial charge in [-0.05, 0) is 25.2 Å². The van der Waals surface area contributed by atoms with Gasteiger partial charge in [0.05, 0.1) is 11.5 Å². The van der Waals surface area contributed by atoms with Gasteiger partial charge in [0.25, 0.3) is 0 Å². The Hall–Kier alpha value is -0.550. The van der Waals surface area contributed by atoms with Crippen molar-refractivity contribution in [3.8, 4) is 6.07 Å². The van der Waals surface area contributed by atoms with Crippen molar-refractivity contribution in [2.45, 2.75) is 44.9 Å². The molecule has 0 N–H and O–H groups in total. The minimum absolute atomic E-state index is 0.0345. The second-order valence-electron chi connectivity index (χ2n) is 4.86. The van der Waals surface area contributed by atoms with Gasteiger partial charge in [-0.25, -0.2) is 0 Å². The van der Waals surface area contributed by atoms with Crippen molar-refractivity contribution in [2.75, 3.05) is 13.2 Å². The van der Waals surface area contributed by atoms with Gasteiger partial charge < -0.3 is 4.74 Å². The maximum atomic E-state index is 9.30. The van der Waals surface area contributed by atoms with Crippen LogP contribution in [0.3, 0.4) is 0 Å². The number of hydrogen-bond donors (Lipinski definition) is 0. The lowest BCUT2D eigenvalue weighted by atomic mass is 9.74. The summed E-state index contributed by atoms with van der Waals surface area (Å²) in [6.07, 6.45) is 8.51. The summed E-state index contributed by atoms with van der Waals surface area (Å²) in [6, 6.07) is 2.56. The maximum absolute atomic E-state index is 9.30. The lowest BCUT2D eigenvalue weighted by molar-refractivity contribution is 0.0302. The second-order valence-corrected chi connectivity index (χ2v) is 4.86. The highest BCUT2D eigenvalue weighted by atomic mass is 16.5. The van der Waals surface area contributed by atoms with E-state index in [9.17, 15) is 5.26 Å². The van der Waals surface area contributed by atoms with Gasteiger partial charge in [-0.1, -0.05) is 25.7 Å². The second kappa shape index (κ2) is 4.31. The first-order valence-electron chi connectivity index (χ1n) is 5.84. The largest absolute Gasteiger partial charge is 0.381 e. The van der Waals surface area contributed by atoms with Gasteiger partial charge in [0.15, 0.2) is 0 Å². The highest BCUT2D eigenvalue weighted by Gasteiger charge is 2.35. The molecule has 1 aliphatic heterocycles. The van der Waals surface area contributed by atoms with Crippen LogP contribution in [0.1, 0.15) is 44.9 Å². The molecule has 0 amide bonds. The Morgan fingerprint density at radius 2 is 1.86 bits per heavy atom. The highest BCUT2D eigenvalue weighted by Crippen LogP contribution is 2.41. The summed E-state index contributed by atoms with van der Waals surface area (Å²) in [5, 5.41) is 9.30. The summed E-state index contributed by atoms with van der Waals surface area (Å²) >= 11 is 0. The van der Waals surface area contributed by atoms with Gasteiger partial charge in [0, 0.05) is 13.2 Å². The van der Waals surface area contributed by atoms with E-state index in [1.165, 1.54) is 25.7 Å². The zero-order chi connectivity index (χ0) is 9.86. The van der Waals surface area contributed by atoms with Gasteiger partial charge in [-0.2, -0.15) is 5.26 Å². The van der Waals surface area contributed by atoms with Crippen LogP contribution in [0.15, 0.2) is 0 Å². The molecule has 0 aromatic carbocycles. The first kappa shape index (κ1) is 9.98. The Labute approximate surface area is 86.2 Å².